The molecule has 0 amide bonds. The third-order valence-corrected chi connectivity index (χ3v) is 3.47. The monoisotopic (exact) mass is 247 g/mol. The Labute approximate surface area is 106 Å². The van der Waals surface area contributed by atoms with Crippen LogP contribution in [0.5, 0.6) is 0 Å². The zero-order valence-corrected chi connectivity index (χ0v) is 11.0. The van der Waals surface area contributed by atoms with Crippen LogP contribution in [0.25, 0.3) is 10.6 Å². The third kappa shape index (κ3) is 2.64. The van der Waals surface area contributed by atoms with E-state index in [-0.39, 0.29) is 0 Å². The number of aromatic nitrogens is 2. The van der Waals surface area contributed by atoms with Gasteiger partial charge in [-0.25, -0.2) is 9.97 Å². The largest absolute Gasteiger partial charge is 0.370 e. The minimum atomic E-state index is 0.945. The molecule has 17 heavy (non-hydrogen) atoms. The summed E-state index contributed by atoms with van der Waals surface area (Å²) in [5.74, 6) is 0.979. The molecule has 2 aromatic heterocycles. The highest BCUT2D eigenvalue weighted by Crippen LogP contribution is 2.29. The third-order valence-electron chi connectivity index (χ3n) is 2.60. The van der Waals surface area contributed by atoms with Crippen molar-refractivity contribution in [2.75, 3.05) is 11.9 Å². The Morgan fingerprint density at radius 3 is 2.82 bits per heavy atom. The van der Waals surface area contributed by atoms with Crippen molar-refractivity contribution in [3.63, 3.8) is 0 Å². The molecule has 3 nitrogen and oxygen atoms in total. The standard InChI is InChI=1S/C13H17N3S/c1-3-7-14-13-10(4-2)12(15-9-16-13)11-6-5-8-17-11/h5-6,8-9H,3-4,7H2,1-2H3,(H,14,15,16). The first-order valence-corrected chi connectivity index (χ1v) is 6.86. The average molecular weight is 247 g/mol. The molecule has 0 atom stereocenters. The Morgan fingerprint density at radius 1 is 1.29 bits per heavy atom. The predicted octanol–water partition coefficient (Wildman–Crippen LogP) is 3.59. The topological polar surface area (TPSA) is 37.8 Å². The Bertz CT molecular complexity index is 466. The predicted molar refractivity (Wildman–Crippen MR) is 73.5 cm³/mol. The number of nitrogens with zero attached hydrogens (tertiary/aromatic N) is 2. The first kappa shape index (κ1) is 12.0. The number of hydrogen-bond acceptors (Lipinski definition) is 4. The van der Waals surface area contributed by atoms with Crippen molar-refractivity contribution in [2.45, 2.75) is 26.7 Å². The highest BCUT2D eigenvalue weighted by atomic mass is 32.1. The second-order valence-electron chi connectivity index (χ2n) is 3.81. The molecule has 0 bridgehead atoms. The number of hydrogen-bond donors (Lipinski definition) is 1. The smallest absolute Gasteiger partial charge is 0.133 e. The normalized spacial score (nSPS) is 10.5. The van der Waals surface area contributed by atoms with Gasteiger partial charge in [-0.1, -0.05) is 19.9 Å². The van der Waals surface area contributed by atoms with Crippen molar-refractivity contribution in [1.82, 2.24) is 9.97 Å². The van der Waals surface area contributed by atoms with E-state index in [4.69, 9.17) is 0 Å². The van der Waals surface area contributed by atoms with Crippen LogP contribution >= 0.6 is 11.3 Å². The molecule has 0 aliphatic heterocycles. The molecule has 0 radical (unpaired) electrons. The fraction of sp³-hybridized carbons (Fsp3) is 0.385. The number of thiophene rings is 1. The van der Waals surface area contributed by atoms with Crippen LogP contribution in [0.2, 0.25) is 0 Å². The lowest BCUT2D eigenvalue weighted by atomic mass is 10.1. The molecule has 0 aliphatic carbocycles. The van der Waals surface area contributed by atoms with Crippen LogP contribution in [-0.4, -0.2) is 16.5 Å². The molecule has 1 N–H and O–H groups in total. The zero-order chi connectivity index (χ0) is 12.1. The summed E-state index contributed by atoms with van der Waals surface area (Å²) < 4.78 is 0. The number of nitrogens with one attached hydrogen (secondary N) is 1. The summed E-state index contributed by atoms with van der Waals surface area (Å²) in [6.07, 6.45) is 3.69. The van der Waals surface area contributed by atoms with Gasteiger partial charge in [-0.3, -0.25) is 0 Å². The maximum atomic E-state index is 4.42. The van der Waals surface area contributed by atoms with Crippen LogP contribution in [0, 0.1) is 0 Å². The van der Waals surface area contributed by atoms with E-state index in [0.717, 1.165) is 30.9 Å². The van der Waals surface area contributed by atoms with Gasteiger partial charge in [0.25, 0.3) is 0 Å². The van der Waals surface area contributed by atoms with Crippen molar-refractivity contribution in [1.29, 1.82) is 0 Å². The van der Waals surface area contributed by atoms with Gasteiger partial charge in [-0.05, 0) is 24.3 Å². The Kier molecular flexibility index (Phi) is 4.09. The van der Waals surface area contributed by atoms with Crippen LogP contribution in [0.15, 0.2) is 23.8 Å². The van der Waals surface area contributed by atoms with E-state index in [0.29, 0.717) is 0 Å². The van der Waals surface area contributed by atoms with Gasteiger partial charge < -0.3 is 5.32 Å². The SMILES string of the molecule is CCCNc1ncnc(-c2cccs2)c1CC. The molecule has 2 aromatic rings. The van der Waals surface area contributed by atoms with Crippen LogP contribution in [0.4, 0.5) is 5.82 Å². The fourth-order valence-electron chi connectivity index (χ4n) is 1.77. The van der Waals surface area contributed by atoms with E-state index in [1.165, 1.54) is 10.4 Å². The molecule has 0 aliphatic rings. The maximum absolute atomic E-state index is 4.42. The Morgan fingerprint density at radius 2 is 2.18 bits per heavy atom. The van der Waals surface area contributed by atoms with Crippen molar-refractivity contribution >= 4 is 17.2 Å². The van der Waals surface area contributed by atoms with E-state index < -0.39 is 0 Å². The van der Waals surface area contributed by atoms with Crippen molar-refractivity contribution in [3.8, 4) is 10.6 Å². The molecule has 90 valence electrons. The lowest BCUT2D eigenvalue weighted by molar-refractivity contribution is 0.950. The van der Waals surface area contributed by atoms with Gasteiger partial charge in [0, 0.05) is 12.1 Å². The van der Waals surface area contributed by atoms with Gasteiger partial charge >= 0.3 is 0 Å². The van der Waals surface area contributed by atoms with Gasteiger partial charge in [-0.2, -0.15) is 0 Å². The highest BCUT2D eigenvalue weighted by Gasteiger charge is 2.11. The minimum Gasteiger partial charge on any atom is -0.370 e. The molecule has 0 saturated carbocycles. The fourth-order valence-corrected chi connectivity index (χ4v) is 2.52. The summed E-state index contributed by atoms with van der Waals surface area (Å²) >= 11 is 1.72. The van der Waals surface area contributed by atoms with Crippen LogP contribution < -0.4 is 5.32 Å². The molecule has 0 spiro atoms. The summed E-state index contributed by atoms with van der Waals surface area (Å²) in [6.45, 7) is 5.25. The summed E-state index contributed by atoms with van der Waals surface area (Å²) in [7, 11) is 0. The summed E-state index contributed by atoms with van der Waals surface area (Å²) in [5.41, 5.74) is 2.28. The zero-order valence-electron chi connectivity index (χ0n) is 10.2. The van der Waals surface area contributed by atoms with E-state index in [9.17, 15) is 0 Å². The molecule has 0 unspecified atom stereocenters. The van der Waals surface area contributed by atoms with Crippen LogP contribution in [0.3, 0.4) is 0 Å². The van der Waals surface area contributed by atoms with Crippen LogP contribution in [-0.2, 0) is 6.42 Å². The second-order valence-corrected chi connectivity index (χ2v) is 4.75. The first-order valence-electron chi connectivity index (χ1n) is 5.98. The van der Waals surface area contributed by atoms with Gasteiger partial charge in [0.2, 0.25) is 0 Å². The first-order chi connectivity index (χ1) is 8.36. The quantitative estimate of drug-likeness (QED) is 0.877. The molecule has 2 rings (SSSR count). The van der Waals surface area contributed by atoms with Crippen molar-refractivity contribution in [3.05, 3.63) is 29.4 Å². The Balaban J connectivity index is 2.39. The molecular weight excluding hydrogens is 230 g/mol. The highest BCUT2D eigenvalue weighted by molar-refractivity contribution is 7.13. The van der Waals surface area contributed by atoms with Gasteiger partial charge in [0.15, 0.2) is 0 Å². The second kappa shape index (κ2) is 5.77. The number of rotatable bonds is 5. The minimum absolute atomic E-state index is 0.945. The molecule has 2 heterocycles. The van der Waals surface area contributed by atoms with Gasteiger partial charge in [-0.15, -0.1) is 11.3 Å². The molecular formula is C13H17N3S. The van der Waals surface area contributed by atoms with Crippen LogP contribution in [0.1, 0.15) is 25.8 Å². The van der Waals surface area contributed by atoms with E-state index in [2.05, 4.69) is 46.6 Å². The summed E-state index contributed by atoms with van der Waals surface area (Å²) in [4.78, 5) is 9.97. The summed E-state index contributed by atoms with van der Waals surface area (Å²) in [6, 6.07) is 4.16. The molecule has 0 fully saturated rings. The Hall–Kier alpha value is -1.42. The van der Waals surface area contributed by atoms with E-state index >= 15 is 0 Å². The molecule has 4 heteroatoms. The molecule has 0 saturated heterocycles. The average Bonchev–Trinajstić information content (AvgIpc) is 2.89. The maximum Gasteiger partial charge on any atom is 0.133 e. The van der Waals surface area contributed by atoms with E-state index in [1.54, 1.807) is 17.7 Å². The van der Waals surface area contributed by atoms with E-state index in [1.807, 2.05) is 0 Å². The lowest BCUT2D eigenvalue weighted by Gasteiger charge is -2.11. The van der Waals surface area contributed by atoms with Crippen molar-refractivity contribution in [2.24, 2.45) is 0 Å². The van der Waals surface area contributed by atoms with Crippen molar-refractivity contribution < 1.29 is 0 Å². The van der Waals surface area contributed by atoms with Gasteiger partial charge in [0.1, 0.15) is 12.1 Å². The molecule has 0 aromatic carbocycles. The van der Waals surface area contributed by atoms with Gasteiger partial charge in [0.05, 0.1) is 10.6 Å². The lowest BCUT2D eigenvalue weighted by Crippen LogP contribution is -2.06. The number of anilines is 1. The summed E-state index contributed by atoms with van der Waals surface area (Å²) in [5, 5.41) is 5.45.